The van der Waals surface area contributed by atoms with E-state index in [0.717, 1.165) is 12.8 Å². The molecule has 1 aromatic heterocycles. The molecule has 2 saturated heterocycles. The fourth-order valence-corrected chi connectivity index (χ4v) is 4.46. The highest BCUT2D eigenvalue weighted by molar-refractivity contribution is 6.06. The number of nitrogens with zero attached hydrogens (tertiary/aromatic N) is 4. The number of nitrogens with two attached hydrogens (primary N) is 1. The smallest absolute Gasteiger partial charge is 0.255 e. The molecule has 0 aliphatic carbocycles. The molecule has 2 aliphatic heterocycles. The van der Waals surface area contributed by atoms with Gasteiger partial charge in [0.1, 0.15) is 17.7 Å². The van der Waals surface area contributed by atoms with Gasteiger partial charge < -0.3 is 30.3 Å². The number of aromatic nitrogens is 2. The number of nitrogen functional groups attached to an aromatic ring is 1. The number of rotatable bonds is 5. The highest BCUT2D eigenvalue weighted by atomic mass is 16.5. The summed E-state index contributed by atoms with van der Waals surface area (Å²) in [7, 11) is 1.53. The minimum atomic E-state index is -0.311. The van der Waals surface area contributed by atoms with Crippen molar-refractivity contribution in [3.05, 3.63) is 48.0 Å². The lowest BCUT2D eigenvalue weighted by Gasteiger charge is -2.35. The van der Waals surface area contributed by atoms with E-state index in [1.807, 2.05) is 15.9 Å². The Bertz CT molecular complexity index is 1240. The van der Waals surface area contributed by atoms with E-state index in [1.54, 1.807) is 36.4 Å². The number of hydrogen-bond acceptors (Lipinski definition) is 8. The van der Waals surface area contributed by atoms with E-state index in [4.69, 9.17) is 20.2 Å². The average molecular weight is 477 g/mol. The van der Waals surface area contributed by atoms with Gasteiger partial charge in [0.25, 0.3) is 11.8 Å². The number of methoxy groups -OCH3 is 1. The lowest BCUT2D eigenvalue weighted by Crippen LogP contribution is -2.51. The summed E-state index contributed by atoms with van der Waals surface area (Å²) in [5, 5.41) is 3.53. The fourth-order valence-electron chi connectivity index (χ4n) is 4.46. The molecule has 5 rings (SSSR count). The summed E-state index contributed by atoms with van der Waals surface area (Å²) in [5.74, 6) is 1.09. The first-order valence-electron chi connectivity index (χ1n) is 11.7. The molecule has 1 atom stereocenters. The van der Waals surface area contributed by atoms with E-state index < -0.39 is 0 Å². The van der Waals surface area contributed by atoms with Crippen LogP contribution in [0.15, 0.2) is 42.5 Å². The van der Waals surface area contributed by atoms with Gasteiger partial charge in [-0.15, -0.1) is 0 Å². The van der Waals surface area contributed by atoms with Crippen LogP contribution in [0.1, 0.15) is 23.2 Å². The molecule has 35 heavy (non-hydrogen) atoms. The Morgan fingerprint density at radius 3 is 2.57 bits per heavy atom. The van der Waals surface area contributed by atoms with E-state index in [2.05, 4.69) is 10.3 Å². The average Bonchev–Trinajstić information content (AvgIpc) is 3.43. The summed E-state index contributed by atoms with van der Waals surface area (Å²) in [6.07, 6.45) is 1.41. The molecule has 2 amide bonds. The molecule has 2 aromatic carbocycles. The van der Waals surface area contributed by atoms with Crippen LogP contribution in [-0.4, -0.2) is 72.7 Å². The van der Waals surface area contributed by atoms with Crippen molar-refractivity contribution in [3.8, 4) is 5.75 Å². The van der Waals surface area contributed by atoms with Crippen molar-refractivity contribution in [1.82, 2.24) is 14.9 Å². The molecule has 2 fully saturated rings. The number of amides is 2. The van der Waals surface area contributed by atoms with Crippen LogP contribution in [0.5, 0.6) is 5.75 Å². The lowest BCUT2D eigenvalue weighted by atomic mass is 10.1. The first-order chi connectivity index (χ1) is 17.0. The van der Waals surface area contributed by atoms with E-state index >= 15 is 0 Å². The maximum atomic E-state index is 12.7. The fraction of sp³-hybridized carbons (Fsp3) is 0.360. The summed E-state index contributed by atoms with van der Waals surface area (Å²) in [5.41, 5.74) is 7.90. The second kappa shape index (κ2) is 9.75. The van der Waals surface area contributed by atoms with Crippen LogP contribution in [0.4, 0.5) is 17.5 Å². The predicted octanol–water partition coefficient (Wildman–Crippen LogP) is 2.30. The van der Waals surface area contributed by atoms with Crippen LogP contribution in [-0.2, 0) is 9.53 Å². The van der Waals surface area contributed by atoms with Gasteiger partial charge >= 0.3 is 0 Å². The van der Waals surface area contributed by atoms with Crippen LogP contribution >= 0.6 is 0 Å². The first-order valence-corrected chi connectivity index (χ1v) is 11.7. The van der Waals surface area contributed by atoms with Crippen molar-refractivity contribution in [3.63, 3.8) is 0 Å². The Morgan fingerprint density at radius 1 is 1.11 bits per heavy atom. The molecule has 0 radical (unpaired) electrons. The van der Waals surface area contributed by atoms with Gasteiger partial charge in [-0.3, -0.25) is 9.59 Å². The summed E-state index contributed by atoms with van der Waals surface area (Å²) in [6, 6.07) is 12.4. The number of nitrogens with one attached hydrogen (secondary N) is 1. The number of ether oxygens (including phenoxy) is 2. The summed E-state index contributed by atoms with van der Waals surface area (Å²) < 4.78 is 11.0. The summed E-state index contributed by atoms with van der Waals surface area (Å²) in [4.78, 5) is 38.4. The Morgan fingerprint density at radius 2 is 1.89 bits per heavy atom. The molecular weight excluding hydrogens is 448 g/mol. The van der Waals surface area contributed by atoms with E-state index in [0.29, 0.717) is 72.5 Å². The molecule has 10 nitrogen and oxygen atoms in total. The molecule has 1 unspecified atom stereocenters. The van der Waals surface area contributed by atoms with E-state index in [1.165, 1.54) is 7.11 Å². The number of carbonyl (C=O) groups excluding carboxylic acids is 2. The Balaban J connectivity index is 1.36. The lowest BCUT2D eigenvalue weighted by molar-refractivity contribution is -0.141. The normalized spacial score (nSPS) is 18.0. The van der Waals surface area contributed by atoms with Crippen LogP contribution in [0, 0.1) is 0 Å². The number of anilines is 3. The van der Waals surface area contributed by atoms with Crippen molar-refractivity contribution >= 4 is 40.2 Å². The van der Waals surface area contributed by atoms with Crippen molar-refractivity contribution in [2.75, 3.05) is 55.8 Å². The molecule has 2 aliphatic rings. The zero-order valence-corrected chi connectivity index (χ0v) is 19.6. The van der Waals surface area contributed by atoms with E-state index in [-0.39, 0.29) is 17.9 Å². The first kappa shape index (κ1) is 22.9. The SMILES string of the molecule is COc1cc2c(N)nc(N3CCN(C(=O)C4CCCO4)CC3)nc2cc1NC(=O)c1ccccc1. The van der Waals surface area contributed by atoms with Gasteiger partial charge in [0.2, 0.25) is 5.95 Å². The predicted molar refractivity (Wildman–Crippen MR) is 133 cm³/mol. The second-order valence-electron chi connectivity index (χ2n) is 8.61. The number of hydrogen-bond donors (Lipinski definition) is 2. The molecule has 3 aromatic rings. The largest absolute Gasteiger partial charge is 0.495 e. The van der Waals surface area contributed by atoms with Crippen molar-refractivity contribution < 1.29 is 19.1 Å². The molecule has 3 N–H and O–H groups in total. The Hall–Kier alpha value is -3.92. The van der Waals surface area contributed by atoms with Crippen LogP contribution < -0.4 is 20.7 Å². The number of piperazine rings is 1. The summed E-state index contributed by atoms with van der Waals surface area (Å²) in [6.45, 7) is 2.98. The second-order valence-corrected chi connectivity index (χ2v) is 8.61. The van der Waals surface area contributed by atoms with Crippen molar-refractivity contribution in [2.24, 2.45) is 0 Å². The van der Waals surface area contributed by atoms with Gasteiger partial charge in [0, 0.05) is 43.7 Å². The highest BCUT2D eigenvalue weighted by Gasteiger charge is 2.31. The monoisotopic (exact) mass is 476 g/mol. The van der Waals surface area contributed by atoms with Gasteiger partial charge in [-0.25, -0.2) is 4.98 Å². The number of benzene rings is 2. The van der Waals surface area contributed by atoms with Crippen molar-refractivity contribution in [1.29, 1.82) is 0 Å². The molecule has 10 heteroatoms. The van der Waals surface area contributed by atoms with Crippen molar-refractivity contribution in [2.45, 2.75) is 18.9 Å². The van der Waals surface area contributed by atoms with Crippen LogP contribution in [0.2, 0.25) is 0 Å². The molecule has 0 bridgehead atoms. The Kier molecular flexibility index (Phi) is 6.37. The molecule has 182 valence electrons. The minimum absolute atomic E-state index is 0.0620. The molecule has 3 heterocycles. The highest BCUT2D eigenvalue weighted by Crippen LogP contribution is 2.33. The van der Waals surface area contributed by atoms with Crippen LogP contribution in [0.25, 0.3) is 10.9 Å². The van der Waals surface area contributed by atoms with Gasteiger partial charge in [-0.05, 0) is 37.1 Å². The number of carbonyl (C=O) groups is 2. The zero-order chi connectivity index (χ0) is 24.4. The van der Waals surface area contributed by atoms with E-state index in [9.17, 15) is 9.59 Å². The van der Waals surface area contributed by atoms with Gasteiger partial charge in [0.15, 0.2) is 0 Å². The van der Waals surface area contributed by atoms with Gasteiger partial charge in [0.05, 0.1) is 18.3 Å². The Labute approximate surface area is 203 Å². The third kappa shape index (κ3) is 4.69. The minimum Gasteiger partial charge on any atom is -0.495 e. The molecular formula is C25H28N6O4. The number of fused-ring (bicyclic) bond motifs is 1. The maximum absolute atomic E-state index is 12.7. The van der Waals surface area contributed by atoms with Crippen LogP contribution in [0.3, 0.4) is 0 Å². The third-order valence-electron chi connectivity index (χ3n) is 6.40. The standard InChI is InChI=1S/C25H28N6O4/c1-34-21-14-17-18(15-19(21)27-23(32)16-6-3-2-4-7-16)28-25(29-22(17)26)31-11-9-30(10-12-31)24(33)20-8-5-13-35-20/h2-4,6-7,14-15,20H,5,8-13H2,1H3,(H,27,32)(H2,26,28,29). The molecule has 0 spiro atoms. The zero-order valence-electron chi connectivity index (χ0n) is 19.6. The summed E-state index contributed by atoms with van der Waals surface area (Å²) >= 11 is 0. The topological polar surface area (TPSA) is 123 Å². The quantitative estimate of drug-likeness (QED) is 0.575. The van der Waals surface area contributed by atoms with Gasteiger partial charge in [-0.1, -0.05) is 18.2 Å². The maximum Gasteiger partial charge on any atom is 0.255 e. The third-order valence-corrected chi connectivity index (χ3v) is 6.40. The molecule has 0 saturated carbocycles. The van der Waals surface area contributed by atoms with Gasteiger partial charge in [-0.2, -0.15) is 4.98 Å².